The van der Waals surface area contributed by atoms with Crippen molar-refractivity contribution in [2.45, 2.75) is 17.9 Å². The maximum absolute atomic E-state index is 13.1. The summed E-state index contributed by atoms with van der Waals surface area (Å²) < 4.78 is 29.2. The highest BCUT2D eigenvalue weighted by Crippen LogP contribution is 2.34. The van der Waals surface area contributed by atoms with E-state index in [0.717, 1.165) is 4.90 Å². The lowest BCUT2D eigenvalue weighted by Crippen LogP contribution is -2.30. The van der Waals surface area contributed by atoms with E-state index in [2.05, 4.69) is 5.32 Å². The second kappa shape index (κ2) is 8.77. The van der Waals surface area contributed by atoms with Crippen molar-refractivity contribution in [3.8, 4) is 11.5 Å². The van der Waals surface area contributed by atoms with Gasteiger partial charge in [0.25, 0.3) is 5.91 Å². The van der Waals surface area contributed by atoms with Crippen molar-refractivity contribution in [1.82, 2.24) is 0 Å². The van der Waals surface area contributed by atoms with E-state index in [0.29, 0.717) is 30.4 Å². The van der Waals surface area contributed by atoms with Gasteiger partial charge in [-0.2, -0.15) is 0 Å². The number of ether oxygens (including phenoxy) is 3. The summed E-state index contributed by atoms with van der Waals surface area (Å²) >= 11 is 1.27. The molecule has 0 unspecified atom stereocenters. The van der Waals surface area contributed by atoms with Crippen LogP contribution in [0.2, 0.25) is 0 Å². The quantitative estimate of drug-likeness (QED) is 0.602. The number of fused-ring (bicyclic) bond motifs is 1. The fourth-order valence-corrected chi connectivity index (χ4v) is 3.06. The lowest BCUT2D eigenvalue weighted by Gasteiger charge is -2.18. The summed E-state index contributed by atoms with van der Waals surface area (Å²) in [4.78, 5) is 24.9. The Morgan fingerprint density at radius 3 is 2.74 bits per heavy atom. The Labute approximate surface area is 160 Å². The summed E-state index contributed by atoms with van der Waals surface area (Å²) in [6.45, 7) is 2.46. The molecule has 0 aliphatic carbocycles. The average Bonchev–Trinajstić information content (AvgIpc) is 2.66. The summed E-state index contributed by atoms with van der Waals surface area (Å²) in [5, 5.41) is 2.50. The molecule has 6 nitrogen and oxygen atoms in total. The van der Waals surface area contributed by atoms with Crippen LogP contribution in [0.1, 0.15) is 6.92 Å². The molecule has 0 spiro atoms. The smallest absolute Gasteiger partial charge is 0.317 e. The van der Waals surface area contributed by atoms with Crippen molar-refractivity contribution < 1.29 is 28.2 Å². The Kier molecular flexibility index (Phi) is 6.18. The van der Waals surface area contributed by atoms with Crippen LogP contribution in [0.25, 0.3) is 0 Å². The monoisotopic (exact) mass is 391 g/mol. The number of amides is 1. The fourth-order valence-electron chi connectivity index (χ4n) is 2.35. The molecule has 0 saturated heterocycles. The third-order valence-corrected chi connectivity index (χ3v) is 4.61. The molecule has 1 atom stereocenters. The Morgan fingerprint density at radius 2 is 1.96 bits per heavy atom. The van der Waals surface area contributed by atoms with Crippen LogP contribution in [-0.4, -0.2) is 36.9 Å². The highest BCUT2D eigenvalue weighted by Gasteiger charge is 2.19. The maximum Gasteiger partial charge on any atom is 0.317 e. The van der Waals surface area contributed by atoms with E-state index >= 15 is 0 Å². The largest absolute Gasteiger partial charge is 0.486 e. The molecular weight excluding hydrogens is 373 g/mol. The van der Waals surface area contributed by atoms with Crippen LogP contribution < -0.4 is 14.8 Å². The van der Waals surface area contributed by atoms with Gasteiger partial charge in [-0.1, -0.05) is 6.07 Å². The summed E-state index contributed by atoms with van der Waals surface area (Å²) in [7, 11) is 0. The predicted molar refractivity (Wildman–Crippen MR) is 98.7 cm³/mol. The van der Waals surface area contributed by atoms with Crippen LogP contribution in [-0.2, 0) is 14.3 Å². The van der Waals surface area contributed by atoms with Gasteiger partial charge >= 0.3 is 5.97 Å². The Hall–Kier alpha value is -2.74. The first-order chi connectivity index (χ1) is 13.0. The van der Waals surface area contributed by atoms with Gasteiger partial charge in [-0.15, -0.1) is 11.8 Å². The molecule has 0 saturated carbocycles. The highest BCUT2D eigenvalue weighted by atomic mass is 32.2. The Morgan fingerprint density at radius 1 is 1.19 bits per heavy atom. The van der Waals surface area contributed by atoms with Crippen molar-refractivity contribution >= 4 is 29.3 Å². The zero-order valence-electron chi connectivity index (χ0n) is 14.6. The minimum atomic E-state index is -0.998. The van der Waals surface area contributed by atoms with E-state index in [1.807, 2.05) is 6.07 Å². The number of thioether (sulfide) groups is 1. The first-order valence-corrected chi connectivity index (χ1v) is 9.28. The first-order valence-electron chi connectivity index (χ1n) is 8.29. The molecule has 3 rings (SSSR count). The normalized spacial score (nSPS) is 13.6. The molecule has 1 heterocycles. The second-order valence-electron chi connectivity index (χ2n) is 5.73. The minimum Gasteiger partial charge on any atom is -0.486 e. The maximum atomic E-state index is 13.1. The van der Waals surface area contributed by atoms with Gasteiger partial charge < -0.3 is 19.5 Å². The van der Waals surface area contributed by atoms with E-state index < -0.39 is 23.8 Å². The number of nitrogens with one attached hydrogen (secondary N) is 1. The van der Waals surface area contributed by atoms with Gasteiger partial charge in [0.2, 0.25) is 0 Å². The molecule has 8 heteroatoms. The second-order valence-corrected chi connectivity index (χ2v) is 6.77. The summed E-state index contributed by atoms with van der Waals surface area (Å²) in [5.41, 5.74) is 0.300. The van der Waals surface area contributed by atoms with Gasteiger partial charge in [0.1, 0.15) is 19.0 Å². The van der Waals surface area contributed by atoms with Gasteiger partial charge in [0.15, 0.2) is 17.6 Å². The number of benzene rings is 2. The summed E-state index contributed by atoms with van der Waals surface area (Å²) in [6.07, 6.45) is -0.998. The number of carbonyl (C=O) groups excluding carboxylic acids is 2. The van der Waals surface area contributed by atoms with Gasteiger partial charge in [-0.25, -0.2) is 4.39 Å². The molecule has 0 bridgehead atoms. The van der Waals surface area contributed by atoms with Gasteiger partial charge in [0, 0.05) is 10.6 Å². The molecule has 2 aromatic carbocycles. The lowest BCUT2D eigenvalue weighted by atomic mass is 10.3. The zero-order chi connectivity index (χ0) is 19.2. The van der Waals surface area contributed by atoms with Crippen molar-refractivity contribution in [1.29, 1.82) is 0 Å². The first kappa shape index (κ1) is 19.0. The molecule has 27 heavy (non-hydrogen) atoms. The molecule has 2 aromatic rings. The van der Waals surface area contributed by atoms with E-state index in [-0.39, 0.29) is 5.75 Å². The molecule has 1 amide bonds. The summed E-state index contributed by atoms with van der Waals surface area (Å²) in [5.74, 6) is -0.168. The third kappa shape index (κ3) is 5.37. The van der Waals surface area contributed by atoms with Crippen molar-refractivity contribution in [2.24, 2.45) is 0 Å². The SMILES string of the molecule is C[C@@H](OC(=O)CSc1ccc2c(c1)OCCO2)C(=O)Nc1cccc(F)c1. The van der Waals surface area contributed by atoms with E-state index in [1.54, 1.807) is 18.2 Å². The molecule has 1 N–H and O–H groups in total. The van der Waals surface area contributed by atoms with Crippen LogP contribution in [0, 0.1) is 5.82 Å². The minimum absolute atomic E-state index is 0.0389. The Bertz CT molecular complexity index is 845. The van der Waals surface area contributed by atoms with Gasteiger partial charge in [-0.05, 0) is 43.3 Å². The predicted octanol–water partition coefficient (Wildman–Crippen LogP) is 3.26. The van der Waals surface area contributed by atoms with Crippen LogP contribution in [0.4, 0.5) is 10.1 Å². The standard InChI is InChI=1S/C19H18FNO5S/c1-12(19(23)21-14-4-2-3-13(20)9-14)26-18(22)11-27-15-5-6-16-17(10-15)25-8-7-24-16/h2-6,9-10,12H,7-8,11H2,1H3,(H,21,23)/t12-/m1/s1. The van der Waals surface area contributed by atoms with Crippen molar-refractivity contribution in [3.63, 3.8) is 0 Å². The highest BCUT2D eigenvalue weighted by molar-refractivity contribution is 8.00. The Balaban J connectivity index is 1.47. The van der Waals surface area contributed by atoms with Crippen molar-refractivity contribution in [3.05, 3.63) is 48.3 Å². The molecule has 1 aliphatic heterocycles. The van der Waals surface area contributed by atoms with E-state index in [1.165, 1.54) is 36.9 Å². The topological polar surface area (TPSA) is 73.9 Å². The van der Waals surface area contributed by atoms with Crippen LogP contribution >= 0.6 is 11.8 Å². The number of rotatable bonds is 6. The average molecular weight is 391 g/mol. The number of hydrogen-bond acceptors (Lipinski definition) is 6. The summed E-state index contributed by atoms with van der Waals surface area (Å²) in [6, 6.07) is 10.9. The number of esters is 1. The number of carbonyl (C=O) groups is 2. The molecule has 0 fully saturated rings. The fraction of sp³-hybridized carbons (Fsp3) is 0.263. The van der Waals surface area contributed by atoms with Crippen LogP contribution in [0.15, 0.2) is 47.4 Å². The molecule has 1 aliphatic rings. The number of hydrogen-bond donors (Lipinski definition) is 1. The zero-order valence-corrected chi connectivity index (χ0v) is 15.4. The van der Waals surface area contributed by atoms with E-state index in [9.17, 15) is 14.0 Å². The molecule has 142 valence electrons. The third-order valence-electron chi connectivity index (χ3n) is 3.64. The molecule has 0 aromatic heterocycles. The van der Waals surface area contributed by atoms with Gasteiger partial charge in [-0.3, -0.25) is 9.59 Å². The van der Waals surface area contributed by atoms with Crippen LogP contribution in [0.5, 0.6) is 11.5 Å². The van der Waals surface area contributed by atoms with E-state index in [4.69, 9.17) is 14.2 Å². The van der Waals surface area contributed by atoms with Crippen LogP contribution in [0.3, 0.4) is 0 Å². The lowest BCUT2D eigenvalue weighted by molar-refractivity contribution is -0.150. The van der Waals surface area contributed by atoms with Gasteiger partial charge in [0.05, 0.1) is 5.75 Å². The van der Waals surface area contributed by atoms with Crippen molar-refractivity contribution in [2.75, 3.05) is 24.3 Å². The molecular formula is C19H18FNO5S. The number of anilines is 1. The number of halogens is 1. The molecule has 0 radical (unpaired) electrons.